The molecule has 152 valence electrons. The molecule has 2 heterocycles. The second-order valence-electron chi connectivity index (χ2n) is 7.30. The van der Waals surface area contributed by atoms with Crippen molar-refractivity contribution in [2.24, 2.45) is 0 Å². The number of anilines is 1. The Kier molecular flexibility index (Phi) is 4.81. The first-order chi connectivity index (χ1) is 15.1. The van der Waals surface area contributed by atoms with Gasteiger partial charge in [0.05, 0.1) is 5.69 Å². The van der Waals surface area contributed by atoms with Gasteiger partial charge in [-0.25, -0.2) is 5.01 Å². The maximum Gasteiger partial charge on any atom is 0.282 e. The van der Waals surface area contributed by atoms with E-state index in [9.17, 15) is 9.59 Å². The van der Waals surface area contributed by atoms with E-state index >= 15 is 0 Å². The molecule has 0 saturated carbocycles. The molecule has 1 aliphatic heterocycles. The van der Waals surface area contributed by atoms with E-state index in [1.165, 1.54) is 5.01 Å². The van der Waals surface area contributed by atoms with Crippen LogP contribution in [-0.4, -0.2) is 16.4 Å². The fraction of sp³-hybridized carbons (Fsp3) is 0.0400. The van der Waals surface area contributed by atoms with Gasteiger partial charge >= 0.3 is 0 Å². The number of hydrazine groups is 1. The number of amides is 2. The Balaban J connectivity index is 1.55. The molecule has 2 amide bonds. The zero-order valence-corrected chi connectivity index (χ0v) is 17.2. The number of nitrogens with zero attached hydrogens (tertiary/aromatic N) is 2. The number of carbonyl (C=O) groups is 2. The highest BCUT2D eigenvalue weighted by atomic mass is 35.5. The molecular weight excluding hydrogens is 410 g/mol. The smallest absolute Gasteiger partial charge is 0.282 e. The van der Waals surface area contributed by atoms with Crippen LogP contribution in [0.1, 0.15) is 11.1 Å². The Morgan fingerprint density at radius 3 is 2.39 bits per heavy atom. The number of aromatic nitrogens is 1. The lowest BCUT2D eigenvalue weighted by molar-refractivity contribution is -0.117. The van der Waals surface area contributed by atoms with Gasteiger partial charge in [0.25, 0.3) is 11.8 Å². The second-order valence-corrected chi connectivity index (χ2v) is 7.70. The minimum Gasteiger partial charge on any atom is -0.342 e. The Morgan fingerprint density at radius 1 is 0.871 bits per heavy atom. The van der Waals surface area contributed by atoms with Crippen LogP contribution < -0.4 is 10.4 Å². The van der Waals surface area contributed by atoms with Gasteiger partial charge < -0.3 is 4.57 Å². The van der Waals surface area contributed by atoms with E-state index in [0.29, 0.717) is 17.3 Å². The fourth-order valence-corrected chi connectivity index (χ4v) is 4.00. The summed E-state index contributed by atoms with van der Waals surface area (Å²) in [4.78, 5) is 25.5. The third-order valence-corrected chi connectivity index (χ3v) is 5.69. The molecule has 3 aromatic carbocycles. The van der Waals surface area contributed by atoms with E-state index in [-0.39, 0.29) is 11.5 Å². The number of halogens is 1. The van der Waals surface area contributed by atoms with E-state index in [0.717, 1.165) is 22.0 Å². The zero-order chi connectivity index (χ0) is 21.4. The van der Waals surface area contributed by atoms with Gasteiger partial charge in [-0.05, 0) is 35.9 Å². The highest BCUT2D eigenvalue weighted by Crippen LogP contribution is 2.28. The SMILES string of the molecule is O=C1NN(c2ccccc2)C(=O)/C1=C/c1cn(Cc2ccccc2Cl)c2ccccc12. The molecule has 6 heteroatoms. The molecule has 5 nitrogen and oxygen atoms in total. The van der Waals surface area contributed by atoms with Gasteiger partial charge in [0.15, 0.2) is 0 Å². The van der Waals surface area contributed by atoms with Gasteiger partial charge in [0.2, 0.25) is 0 Å². The molecule has 1 aromatic heterocycles. The van der Waals surface area contributed by atoms with Crippen LogP contribution in [0.4, 0.5) is 5.69 Å². The van der Waals surface area contributed by atoms with Crippen LogP contribution >= 0.6 is 11.6 Å². The third kappa shape index (κ3) is 3.49. The number of para-hydroxylation sites is 2. The summed E-state index contributed by atoms with van der Waals surface area (Å²) in [5, 5.41) is 2.93. The van der Waals surface area contributed by atoms with Gasteiger partial charge in [-0.15, -0.1) is 0 Å². The quantitative estimate of drug-likeness (QED) is 0.375. The van der Waals surface area contributed by atoms with Crippen molar-refractivity contribution in [3.63, 3.8) is 0 Å². The van der Waals surface area contributed by atoms with E-state index in [2.05, 4.69) is 9.99 Å². The first kappa shape index (κ1) is 19.2. The van der Waals surface area contributed by atoms with Crippen molar-refractivity contribution in [2.75, 3.05) is 5.01 Å². The highest BCUT2D eigenvalue weighted by Gasteiger charge is 2.34. The first-order valence-electron chi connectivity index (χ1n) is 9.85. The molecule has 1 saturated heterocycles. The Morgan fingerprint density at radius 2 is 1.58 bits per heavy atom. The van der Waals surface area contributed by atoms with Gasteiger partial charge in [-0.3, -0.25) is 15.0 Å². The summed E-state index contributed by atoms with van der Waals surface area (Å²) < 4.78 is 2.08. The molecule has 0 spiro atoms. The Labute approximate surface area is 184 Å². The molecule has 0 atom stereocenters. The number of carbonyl (C=O) groups excluding carboxylic acids is 2. The monoisotopic (exact) mass is 427 g/mol. The predicted molar refractivity (Wildman–Crippen MR) is 123 cm³/mol. The Hall–Kier alpha value is -3.83. The average Bonchev–Trinajstić information content (AvgIpc) is 3.28. The summed E-state index contributed by atoms with van der Waals surface area (Å²) >= 11 is 6.35. The van der Waals surface area contributed by atoms with Crippen LogP contribution in [-0.2, 0) is 16.1 Å². The molecule has 0 radical (unpaired) electrons. The molecule has 1 aliphatic rings. The molecule has 0 unspecified atom stereocenters. The standard InChI is InChI=1S/C25H18ClN3O2/c26-22-12-6-4-8-17(22)15-28-16-18(20-11-5-7-13-23(20)28)14-21-24(30)27-29(25(21)31)19-9-2-1-3-10-19/h1-14,16H,15H2,(H,27,30)/b21-14+. The third-order valence-electron chi connectivity index (χ3n) is 5.32. The number of benzene rings is 3. The summed E-state index contributed by atoms with van der Waals surface area (Å²) in [6.07, 6.45) is 3.61. The second kappa shape index (κ2) is 7.78. The summed E-state index contributed by atoms with van der Waals surface area (Å²) in [6, 6.07) is 24.7. The van der Waals surface area contributed by atoms with Crippen molar-refractivity contribution < 1.29 is 9.59 Å². The minimum atomic E-state index is -0.420. The van der Waals surface area contributed by atoms with E-state index in [1.54, 1.807) is 18.2 Å². The number of nitrogens with one attached hydrogen (secondary N) is 1. The molecule has 1 fully saturated rings. The molecule has 0 bridgehead atoms. The maximum absolute atomic E-state index is 12.9. The van der Waals surface area contributed by atoms with Gasteiger partial charge in [-0.1, -0.05) is 66.2 Å². The van der Waals surface area contributed by atoms with E-state index in [1.807, 2.05) is 72.9 Å². The van der Waals surface area contributed by atoms with Crippen LogP contribution in [0.25, 0.3) is 17.0 Å². The number of rotatable bonds is 4. The minimum absolute atomic E-state index is 0.101. The van der Waals surface area contributed by atoms with Gasteiger partial charge in [0, 0.05) is 34.2 Å². The number of hydrogen-bond acceptors (Lipinski definition) is 2. The summed E-state index contributed by atoms with van der Waals surface area (Å²) in [6.45, 7) is 0.583. The molecule has 4 aromatic rings. The van der Waals surface area contributed by atoms with Crippen molar-refractivity contribution in [2.45, 2.75) is 6.54 Å². The fourth-order valence-electron chi connectivity index (χ4n) is 3.80. The molecule has 31 heavy (non-hydrogen) atoms. The molecule has 0 aliphatic carbocycles. The highest BCUT2D eigenvalue weighted by molar-refractivity contribution is 6.32. The Bertz CT molecular complexity index is 1340. The summed E-state index contributed by atoms with van der Waals surface area (Å²) in [5.41, 5.74) is 6.16. The van der Waals surface area contributed by atoms with Crippen LogP contribution in [0.15, 0.2) is 90.6 Å². The lowest BCUT2D eigenvalue weighted by Gasteiger charge is -2.13. The average molecular weight is 428 g/mol. The molecule has 1 N–H and O–H groups in total. The van der Waals surface area contributed by atoms with Crippen LogP contribution in [0.3, 0.4) is 0 Å². The summed E-state index contributed by atoms with van der Waals surface area (Å²) in [7, 11) is 0. The topological polar surface area (TPSA) is 54.3 Å². The van der Waals surface area contributed by atoms with Crippen LogP contribution in [0, 0.1) is 0 Å². The van der Waals surface area contributed by atoms with Crippen molar-refractivity contribution >= 4 is 46.1 Å². The van der Waals surface area contributed by atoms with Crippen molar-refractivity contribution in [1.29, 1.82) is 0 Å². The van der Waals surface area contributed by atoms with Crippen molar-refractivity contribution in [3.05, 3.63) is 107 Å². The van der Waals surface area contributed by atoms with Crippen LogP contribution in [0.5, 0.6) is 0 Å². The molecule has 5 rings (SSSR count). The van der Waals surface area contributed by atoms with Crippen molar-refractivity contribution in [1.82, 2.24) is 9.99 Å². The van der Waals surface area contributed by atoms with Crippen LogP contribution in [0.2, 0.25) is 5.02 Å². The first-order valence-corrected chi connectivity index (χ1v) is 10.2. The predicted octanol–water partition coefficient (Wildman–Crippen LogP) is 4.80. The lowest BCUT2D eigenvalue weighted by atomic mass is 10.1. The molecular formula is C25H18ClN3O2. The van der Waals surface area contributed by atoms with Gasteiger partial charge in [0.1, 0.15) is 5.57 Å². The largest absolute Gasteiger partial charge is 0.342 e. The maximum atomic E-state index is 12.9. The van der Waals surface area contributed by atoms with Gasteiger partial charge in [-0.2, -0.15) is 0 Å². The zero-order valence-electron chi connectivity index (χ0n) is 16.5. The lowest BCUT2D eigenvalue weighted by Crippen LogP contribution is -2.35. The number of fused-ring (bicyclic) bond motifs is 1. The van der Waals surface area contributed by atoms with Crippen molar-refractivity contribution in [3.8, 4) is 0 Å². The van der Waals surface area contributed by atoms with E-state index < -0.39 is 5.91 Å². The van der Waals surface area contributed by atoms with E-state index in [4.69, 9.17) is 11.6 Å². The number of hydrogen-bond donors (Lipinski definition) is 1. The summed E-state index contributed by atoms with van der Waals surface area (Å²) in [5.74, 6) is -0.795. The normalized spacial score (nSPS) is 15.1.